The summed E-state index contributed by atoms with van der Waals surface area (Å²) in [5.74, 6) is 0. The minimum atomic E-state index is 0.377. The lowest BCUT2D eigenvalue weighted by Gasteiger charge is -2.23. The van der Waals surface area contributed by atoms with Crippen LogP contribution >= 0.6 is 11.6 Å². The van der Waals surface area contributed by atoms with Crippen LogP contribution in [-0.4, -0.2) is 29.2 Å². The van der Waals surface area contributed by atoms with Crippen LogP contribution in [0.2, 0.25) is 5.15 Å². The Labute approximate surface area is 113 Å². The fourth-order valence-electron chi connectivity index (χ4n) is 2.14. The molecule has 0 bridgehead atoms. The van der Waals surface area contributed by atoms with Crippen LogP contribution in [0.5, 0.6) is 6.01 Å². The molecular weight excluding hydrogens is 250 g/mol. The van der Waals surface area contributed by atoms with E-state index in [1.54, 1.807) is 6.20 Å². The molecule has 0 amide bonds. The van der Waals surface area contributed by atoms with Gasteiger partial charge in [-0.15, -0.1) is 0 Å². The predicted molar refractivity (Wildman–Crippen MR) is 72.1 cm³/mol. The molecule has 1 saturated heterocycles. The third kappa shape index (κ3) is 4.10. The molecule has 2 rings (SSSR count). The third-order valence-corrected chi connectivity index (χ3v) is 3.61. The number of ether oxygens (including phenoxy) is 1. The Balaban J connectivity index is 1.66. The van der Waals surface area contributed by atoms with Crippen LogP contribution in [0, 0.1) is 6.92 Å². The fourth-order valence-corrected chi connectivity index (χ4v) is 2.26. The molecule has 5 heteroatoms. The largest absolute Gasteiger partial charge is 0.463 e. The molecule has 1 aromatic rings. The first-order valence-corrected chi connectivity index (χ1v) is 6.99. The zero-order valence-electron chi connectivity index (χ0n) is 10.8. The van der Waals surface area contributed by atoms with Crippen molar-refractivity contribution in [1.82, 2.24) is 15.3 Å². The second-order valence-corrected chi connectivity index (χ2v) is 5.12. The predicted octanol–water partition coefficient (Wildman–Crippen LogP) is 2.74. The van der Waals surface area contributed by atoms with Crippen molar-refractivity contribution in [2.24, 2.45) is 0 Å². The number of nitrogens with zero attached hydrogens (tertiary/aromatic N) is 2. The molecule has 1 aliphatic rings. The van der Waals surface area contributed by atoms with Crippen molar-refractivity contribution in [3.63, 3.8) is 0 Å². The molecule has 18 heavy (non-hydrogen) atoms. The lowest BCUT2D eigenvalue weighted by molar-refractivity contribution is 0.267. The van der Waals surface area contributed by atoms with E-state index in [1.807, 2.05) is 6.92 Å². The zero-order chi connectivity index (χ0) is 12.8. The Kier molecular flexibility index (Phi) is 5.20. The maximum atomic E-state index is 5.91. The lowest BCUT2D eigenvalue weighted by Crippen LogP contribution is -2.34. The number of rotatable bonds is 5. The summed E-state index contributed by atoms with van der Waals surface area (Å²) in [6.07, 6.45) is 7.80. The van der Waals surface area contributed by atoms with Crippen LogP contribution < -0.4 is 10.1 Å². The zero-order valence-corrected chi connectivity index (χ0v) is 11.5. The summed E-state index contributed by atoms with van der Waals surface area (Å²) in [5, 5.41) is 3.99. The van der Waals surface area contributed by atoms with Gasteiger partial charge in [-0.05, 0) is 39.2 Å². The van der Waals surface area contributed by atoms with E-state index in [1.165, 1.54) is 19.3 Å². The molecule has 100 valence electrons. The van der Waals surface area contributed by atoms with Crippen molar-refractivity contribution in [3.8, 4) is 6.01 Å². The number of hydrogen-bond donors (Lipinski definition) is 1. The van der Waals surface area contributed by atoms with Crippen LogP contribution in [0.4, 0.5) is 0 Å². The Hall–Kier alpha value is -0.870. The number of hydrogen-bond acceptors (Lipinski definition) is 4. The van der Waals surface area contributed by atoms with Gasteiger partial charge in [0.05, 0.1) is 6.61 Å². The number of aromatic nitrogens is 2. The summed E-state index contributed by atoms with van der Waals surface area (Å²) < 4.78 is 5.50. The van der Waals surface area contributed by atoms with E-state index < -0.39 is 0 Å². The van der Waals surface area contributed by atoms with E-state index in [2.05, 4.69) is 15.3 Å². The molecule has 1 unspecified atom stereocenters. The van der Waals surface area contributed by atoms with E-state index in [0.29, 0.717) is 23.8 Å². The molecule has 1 aliphatic heterocycles. The normalized spacial score (nSPS) is 19.8. The van der Waals surface area contributed by atoms with Crippen molar-refractivity contribution in [2.45, 2.75) is 45.1 Å². The maximum Gasteiger partial charge on any atom is 0.317 e. The van der Waals surface area contributed by atoms with Gasteiger partial charge in [0.15, 0.2) is 0 Å². The second kappa shape index (κ2) is 6.90. The average Bonchev–Trinajstić information content (AvgIpc) is 2.40. The van der Waals surface area contributed by atoms with Gasteiger partial charge in [-0.3, -0.25) is 0 Å². The first kappa shape index (κ1) is 13.6. The fraction of sp³-hybridized carbons (Fsp3) is 0.692. The molecule has 1 aromatic heterocycles. The second-order valence-electron chi connectivity index (χ2n) is 4.76. The number of nitrogens with one attached hydrogen (secondary N) is 1. The standard InChI is InChI=1S/C13H20ClN3O/c1-10-9-16-13(17-12(10)14)18-8-4-6-11-5-2-3-7-15-11/h9,11,15H,2-8H2,1H3. The van der Waals surface area contributed by atoms with Gasteiger partial charge >= 0.3 is 6.01 Å². The highest BCUT2D eigenvalue weighted by Gasteiger charge is 2.11. The van der Waals surface area contributed by atoms with Crippen molar-refractivity contribution in [2.75, 3.05) is 13.2 Å². The van der Waals surface area contributed by atoms with Gasteiger partial charge in [-0.25, -0.2) is 4.98 Å². The number of aryl methyl sites for hydroxylation is 1. The van der Waals surface area contributed by atoms with Crippen molar-refractivity contribution in [1.29, 1.82) is 0 Å². The van der Waals surface area contributed by atoms with Crippen LogP contribution in [0.25, 0.3) is 0 Å². The summed E-state index contributed by atoms with van der Waals surface area (Å²) in [6.45, 7) is 3.68. The molecule has 1 atom stereocenters. The molecule has 0 aliphatic carbocycles. The van der Waals surface area contributed by atoms with E-state index in [0.717, 1.165) is 24.9 Å². The van der Waals surface area contributed by atoms with E-state index in [-0.39, 0.29) is 0 Å². The molecule has 0 radical (unpaired) electrons. The minimum Gasteiger partial charge on any atom is -0.463 e. The number of halogens is 1. The molecule has 4 nitrogen and oxygen atoms in total. The van der Waals surface area contributed by atoms with Crippen LogP contribution in [0.3, 0.4) is 0 Å². The van der Waals surface area contributed by atoms with Gasteiger partial charge in [0.25, 0.3) is 0 Å². The monoisotopic (exact) mass is 269 g/mol. The van der Waals surface area contributed by atoms with Gasteiger partial charge in [-0.1, -0.05) is 18.0 Å². The van der Waals surface area contributed by atoms with Gasteiger partial charge in [0.2, 0.25) is 0 Å². The Bertz CT molecular complexity index is 380. The Morgan fingerprint density at radius 1 is 1.50 bits per heavy atom. The Morgan fingerprint density at radius 3 is 3.11 bits per heavy atom. The van der Waals surface area contributed by atoms with E-state index in [9.17, 15) is 0 Å². The third-order valence-electron chi connectivity index (χ3n) is 3.23. The highest BCUT2D eigenvalue weighted by atomic mass is 35.5. The van der Waals surface area contributed by atoms with Gasteiger partial charge in [0, 0.05) is 17.8 Å². The maximum absolute atomic E-state index is 5.91. The lowest BCUT2D eigenvalue weighted by atomic mass is 10.0. The minimum absolute atomic E-state index is 0.377. The number of piperidine rings is 1. The van der Waals surface area contributed by atoms with E-state index >= 15 is 0 Å². The Morgan fingerprint density at radius 2 is 2.39 bits per heavy atom. The van der Waals surface area contributed by atoms with Crippen molar-refractivity contribution < 1.29 is 4.74 Å². The van der Waals surface area contributed by atoms with Crippen LogP contribution in [0.1, 0.15) is 37.7 Å². The first-order chi connectivity index (χ1) is 8.75. The van der Waals surface area contributed by atoms with Crippen molar-refractivity contribution in [3.05, 3.63) is 16.9 Å². The highest BCUT2D eigenvalue weighted by molar-refractivity contribution is 6.30. The van der Waals surface area contributed by atoms with Gasteiger partial charge in [-0.2, -0.15) is 4.98 Å². The van der Waals surface area contributed by atoms with Crippen molar-refractivity contribution >= 4 is 11.6 Å². The smallest absolute Gasteiger partial charge is 0.317 e. The van der Waals surface area contributed by atoms with E-state index in [4.69, 9.17) is 16.3 Å². The van der Waals surface area contributed by atoms with Gasteiger partial charge in [0.1, 0.15) is 5.15 Å². The quantitative estimate of drug-likeness (QED) is 0.660. The summed E-state index contributed by atoms with van der Waals surface area (Å²) in [7, 11) is 0. The molecule has 1 fully saturated rings. The molecule has 0 saturated carbocycles. The summed E-state index contributed by atoms with van der Waals surface area (Å²) in [5.41, 5.74) is 0.871. The summed E-state index contributed by atoms with van der Waals surface area (Å²) >= 11 is 5.91. The molecule has 0 aromatic carbocycles. The summed E-state index contributed by atoms with van der Waals surface area (Å²) in [4.78, 5) is 8.16. The molecule has 0 spiro atoms. The topological polar surface area (TPSA) is 47.0 Å². The summed E-state index contributed by atoms with van der Waals surface area (Å²) in [6, 6.07) is 1.03. The molecule has 2 heterocycles. The molecular formula is C13H20ClN3O. The SMILES string of the molecule is Cc1cnc(OCCCC2CCCCN2)nc1Cl. The van der Waals surface area contributed by atoms with Crippen LogP contribution in [-0.2, 0) is 0 Å². The average molecular weight is 270 g/mol. The highest BCUT2D eigenvalue weighted by Crippen LogP contribution is 2.15. The van der Waals surface area contributed by atoms with Gasteiger partial charge < -0.3 is 10.1 Å². The van der Waals surface area contributed by atoms with Crippen LogP contribution in [0.15, 0.2) is 6.20 Å². The molecule has 1 N–H and O–H groups in total. The first-order valence-electron chi connectivity index (χ1n) is 6.61.